The number of hydrogen-bond donors (Lipinski definition) is 2. The molecule has 3 heteroatoms. The molecule has 92 valence electrons. The Labute approximate surface area is 101 Å². The Balaban J connectivity index is 2.32. The van der Waals surface area contributed by atoms with Gasteiger partial charge in [-0.15, -0.1) is 0 Å². The second-order valence-corrected chi connectivity index (χ2v) is 4.82. The zero-order valence-electron chi connectivity index (χ0n) is 9.85. The van der Waals surface area contributed by atoms with Gasteiger partial charge in [-0.05, 0) is 24.0 Å². The third kappa shape index (κ3) is 2.67. The molecule has 0 heterocycles. The van der Waals surface area contributed by atoms with Crippen molar-refractivity contribution in [1.82, 2.24) is 0 Å². The number of benzene rings is 1. The molecule has 3 nitrogen and oxygen atoms in total. The van der Waals surface area contributed by atoms with E-state index in [9.17, 15) is 9.90 Å². The highest BCUT2D eigenvalue weighted by Gasteiger charge is 2.32. The van der Waals surface area contributed by atoms with Gasteiger partial charge < -0.3 is 10.2 Å². The van der Waals surface area contributed by atoms with Gasteiger partial charge in [0.05, 0.1) is 12.0 Å². The number of hydrogen-bond acceptors (Lipinski definition) is 2. The number of carboxylic acid groups (broad SMARTS) is 1. The Kier molecular flexibility index (Phi) is 3.48. The summed E-state index contributed by atoms with van der Waals surface area (Å²) in [7, 11) is 0. The maximum atomic E-state index is 10.8. The van der Waals surface area contributed by atoms with Crippen molar-refractivity contribution in [1.29, 1.82) is 0 Å². The Morgan fingerprint density at radius 3 is 2.47 bits per heavy atom. The summed E-state index contributed by atoms with van der Waals surface area (Å²) in [5, 5.41) is 19.5. The molecule has 0 aromatic heterocycles. The van der Waals surface area contributed by atoms with E-state index in [1.54, 1.807) is 6.07 Å². The van der Waals surface area contributed by atoms with Crippen LogP contribution < -0.4 is 0 Å². The lowest BCUT2D eigenvalue weighted by Crippen LogP contribution is -2.30. The second kappa shape index (κ2) is 4.88. The fourth-order valence-electron chi connectivity index (χ4n) is 2.70. The highest BCUT2D eigenvalue weighted by Crippen LogP contribution is 2.38. The lowest BCUT2D eigenvalue weighted by molar-refractivity contribution is -0.136. The average molecular weight is 234 g/mol. The largest absolute Gasteiger partial charge is 0.481 e. The zero-order valence-corrected chi connectivity index (χ0v) is 9.85. The van der Waals surface area contributed by atoms with Crippen LogP contribution in [0.2, 0.25) is 0 Å². The summed E-state index contributed by atoms with van der Waals surface area (Å²) in [6.45, 7) is 0. The minimum atomic E-state index is -0.850. The first-order valence-electron chi connectivity index (χ1n) is 6.14. The number of carboxylic acids is 1. The third-order valence-corrected chi connectivity index (χ3v) is 3.54. The quantitative estimate of drug-likeness (QED) is 0.844. The Morgan fingerprint density at radius 1 is 1.18 bits per heavy atom. The van der Waals surface area contributed by atoms with Gasteiger partial charge in [0, 0.05) is 0 Å². The Morgan fingerprint density at radius 2 is 1.82 bits per heavy atom. The molecule has 0 unspecified atom stereocenters. The molecule has 1 aliphatic rings. The van der Waals surface area contributed by atoms with Crippen LogP contribution in [0.5, 0.6) is 0 Å². The van der Waals surface area contributed by atoms with Crippen LogP contribution in [0, 0.1) is 0 Å². The highest BCUT2D eigenvalue weighted by molar-refractivity contribution is 5.71. The third-order valence-electron chi connectivity index (χ3n) is 3.54. The molecule has 1 saturated carbocycles. The van der Waals surface area contributed by atoms with Crippen LogP contribution in [0.25, 0.3) is 0 Å². The fraction of sp³-hybridized carbons (Fsp3) is 0.500. The summed E-state index contributed by atoms with van der Waals surface area (Å²) in [6.07, 6.45) is 4.64. The number of carbonyl (C=O) groups is 1. The summed E-state index contributed by atoms with van der Waals surface area (Å²) in [5.74, 6) is -0.850. The van der Waals surface area contributed by atoms with Crippen molar-refractivity contribution in [2.75, 3.05) is 0 Å². The van der Waals surface area contributed by atoms with Crippen molar-refractivity contribution in [3.8, 4) is 0 Å². The molecular weight excluding hydrogens is 216 g/mol. The molecule has 17 heavy (non-hydrogen) atoms. The maximum absolute atomic E-state index is 10.8. The Bertz CT molecular complexity index is 406. The van der Waals surface area contributed by atoms with E-state index in [0.29, 0.717) is 0 Å². The molecule has 1 fully saturated rings. The molecule has 2 N–H and O–H groups in total. The summed E-state index contributed by atoms with van der Waals surface area (Å²) in [6, 6.07) is 7.36. The van der Waals surface area contributed by atoms with Gasteiger partial charge in [0.25, 0.3) is 0 Å². The zero-order chi connectivity index (χ0) is 12.3. The van der Waals surface area contributed by atoms with E-state index in [2.05, 4.69) is 0 Å². The molecule has 0 amide bonds. The van der Waals surface area contributed by atoms with Crippen molar-refractivity contribution in [2.45, 2.75) is 44.1 Å². The molecule has 0 atom stereocenters. The summed E-state index contributed by atoms with van der Waals surface area (Å²) < 4.78 is 0. The van der Waals surface area contributed by atoms with Crippen LogP contribution in [0.4, 0.5) is 0 Å². The van der Waals surface area contributed by atoms with Gasteiger partial charge >= 0.3 is 5.97 Å². The van der Waals surface area contributed by atoms with Crippen LogP contribution >= 0.6 is 0 Å². The van der Waals surface area contributed by atoms with E-state index in [1.165, 1.54) is 0 Å². The lowest BCUT2D eigenvalue weighted by Gasteiger charge is -2.34. The fourth-order valence-corrected chi connectivity index (χ4v) is 2.70. The second-order valence-electron chi connectivity index (χ2n) is 4.82. The van der Waals surface area contributed by atoms with E-state index in [1.807, 2.05) is 18.2 Å². The monoisotopic (exact) mass is 234 g/mol. The molecule has 0 saturated heterocycles. The van der Waals surface area contributed by atoms with Gasteiger partial charge in [-0.2, -0.15) is 0 Å². The molecular formula is C14H18O3. The van der Waals surface area contributed by atoms with E-state index in [0.717, 1.165) is 43.2 Å². The lowest BCUT2D eigenvalue weighted by atomic mass is 9.77. The average Bonchev–Trinajstić information content (AvgIpc) is 2.30. The molecule has 1 aromatic rings. The molecule has 0 aliphatic heterocycles. The van der Waals surface area contributed by atoms with E-state index >= 15 is 0 Å². The molecule has 1 aliphatic carbocycles. The van der Waals surface area contributed by atoms with Gasteiger partial charge in [-0.1, -0.05) is 43.5 Å². The maximum Gasteiger partial charge on any atom is 0.307 e. The normalized spacial score (nSPS) is 18.9. The predicted molar refractivity (Wildman–Crippen MR) is 64.8 cm³/mol. The summed E-state index contributed by atoms with van der Waals surface area (Å²) >= 11 is 0. The van der Waals surface area contributed by atoms with Crippen LogP contribution in [-0.4, -0.2) is 16.2 Å². The summed E-state index contributed by atoms with van der Waals surface area (Å²) in [4.78, 5) is 10.8. The van der Waals surface area contributed by atoms with Crippen molar-refractivity contribution in [3.05, 3.63) is 35.4 Å². The topological polar surface area (TPSA) is 57.5 Å². The number of rotatable bonds is 3. The SMILES string of the molecule is O=C(O)Cc1ccccc1C1(O)CCCCC1. The van der Waals surface area contributed by atoms with Gasteiger partial charge in [-0.25, -0.2) is 0 Å². The highest BCUT2D eigenvalue weighted by atomic mass is 16.4. The minimum absolute atomic E-state index is 0.0154. The van der Waals surface area contributed by atoms with Crippen LogP contribution in [0.15, 0.2) is 24.3 Å². The van der Waals surface area contributed by atoms with Crippen molar-refractivity contribution < 1.29 is 15.0 Å². The van der Waals surface area contributed by atoms with Gasteiger partial charge in [0.1, 0.15) is 0 Å². The number of aliphatic carboxylic acids is 1. The van der Waals surface area contributed by atoms with Gasteiger partial charge in [0.15, 0.2) is 0 Å². The van der Waals surface area contributed by atoms with Crippen molar-refractivity contribution >= 4 is 5.97 Å². The predicted octanol–water partition coefficient (Wildman–Crippen LogP) is 2.47. The smallest absolute Gasteiger partial charge is 0.307 e. The van der Waals surface area contributed by atoms with E-state index in [4.69, 9.17) is 5.11 Å². The van der Waals surface area contributed by atoms with E-state index in [-0.39, 0.29) is 6.42 Å². The summed E-state index contributed by atoms with van der Waals surface area (Å²) in [5.41, 5.74) is 0.733. The van der Waals surface area contributed by atoms with Gasteiger partial charge in [-0.3, -0.25) is 4.79 Å². The first-order valence-corrected chi connectivity index (χ1v) is 6.14. The van der Waals surface area contributed by atoms with Gasteiger partial charge in [0.2, 0.25) is 0 Å². The standard InChI is InChI=1S/C14H18O3/c15-13(16)10-11-6-2-3-7-12(11)14(17)8-4-1-5-9-14/h2-3,6-7,17H,1,4-5,8-10H2,(H,15,16). The van der Waals surface area contributed by atoms with Crippen molar-refractivity contribution in [3.63, 3.8) is 0 Å². The van der Waals surface area contributed by atoms with E-state index < -0.39 is 11.6 Å². The van der Waals surface area contributed by atoms with Crippen molar-refractivity contribution in [2.24, 2.45) is 0 Å². The molecule has 0 radical (unpaired) electrons. The Hall–Kier alpha value is -1.35. The number of aliphatic hydroxyl groups is 1. The van der Waals surface area contributed by atoms with Crippen LogP contribution in [0.1, 0.15) is 43.2 Å². The molecule has 2 rings (SSSR count). The minimum Gasteiger partial charge on any atom is -0.481 e. The van der Waals surface area contributed by atoms with Crippen LogP contribution in [0.3, 0.4) is 0 Å². The first kappa shape index (κ1) is 12.1. The molecule has 0 bridgehead atoms. The molecule has 0 spiro atoms. The molecule has 1 aromatic carbocycles. The first-order chi connectivity index (χ1) is 8.12. The van der Waals surface area contributed by atoms with Crippen LogP contribution in [-0.2, 0) is 16.8 Å².